The van der Waals surface area contributed by atoms with E-state index in [0.717, 1.165) is 17.7 Å². The summed E-state index contributed by atoms with van der Waals surface area (Å²) in [6.07, 6.45) is -2.57. The number of carbonyl (C=O) groups excluding carboxylic acids is 2. The first-order chi connectivity index (χ1) is 19.4. The van der Waals surface area contributed by atoms with Gasteiger partial charge in [0.25, 0.3) is 0 Å². The molecule has 0 spiro atoms. The van der Waals surface area contributed by atoms with E-state index in [2.05, 4.69) is 15.2 Å². The third-order valence-electron chi connectivity index (χ3n) is 7.04. The largest absolute Gasteiger partial charge is 0.491 e. The van der Waals surface area contributed by atoms with E-state index >= 15 is 0 Å². The van der Waals surface area contributed by atoms with Crippen LogP contribution >= 0.6 is 0 Å². The number of aryl methyl sites for hydroxylation is 2. The molecule has 9 nitrogen and oxygen atoms in total. The van der Waals surface area contributed by atoms with E-state index in [4.69, 9.17) is 4.42 Å². The third kappa shape index (κ3) is 5.81. The fourth-order valence-electron chi connectivity index (χ4n) is 5.05. The summed E-state index contributed by atoms with van der Waals surface area (Å²) in [4.78, 5) is 38.9. The number of benzene rings is 2. The molecule has 2 aromatic carbocycles. The first-order valence-corrected chi connectivity index (χ1v) is 12.9. The summed E-state index contributed by atoms with van der Waals surface area (Å²) in [6, 6.07) is 12.2. The standard InChI is InChI=1S/C29H27F3N4O5/c1-16-12-20(17(2)33-23-7-5-4-6-19(23)27(38)41-28(39)29(30,31)32)26-21(13-16)24(37)14-25(40-26)36-11-8-18(15-36)22-9-10-35(3)34-22/h4-7,9-10,12-14,17-18,33H,8,11,15H2,1-3H3. The quantitative estimate of drug-likeness (QED) is 0.248. The van der Waals surface area contributed by atoms with Gasteiger partial charge in [-0.1, -0.05) is 18.2 Å². The minimum absolute atomic E-state index is 0.144. The van der Waals surface area contributed by atoms with Gasteiger partial charge in [-0.25, -0.2) is 9.59 Å². The molecule has 0 saturated carbocycles. The van der Waals surface area contributed by atoms with Crippen LogP contribution in [-0.2, 0) is 16.6 Å². The molecular weight excluding hydrogens is 541 g/mol. The molecule has 12 heteroatoms. The third-order valence-corrected chi connectivity index (χ3v) is 7.04. The molecule has 214 valence electrons. The summed E-state index contributed by atoms with van der Waals surface area (Å²) >= 11 is 0. The van der Waals surface area contributed by atoms with Gasteiger partial charge in [-0.15, -0.1) is 0 Å². The summed E-state index contributed by atoms with van der Waals surface area (Å²) in [6.45, 7) is 4.90. The molecule has 1 aliphatic rings. The maximum absolute atomic E-state index is 13.2. The molecule has 2 aromatic heterocycles. The molecule has 0 bridgehead atoms. The molecule has 0 aliphatic carbocycles. The molecular formula is C29H27F3N4O5. The maximum atomic E-state index is 13.2. The number of alkyl halides is 3. The molecule has 1 fully saturated rings. The molecule has 5 rings (SSSR count). The van der Waals surface area contributed by atoms with Gasteiger partial charge in [0.15, 0.2) is 11.3 Å². The van der Waals surface area contributed by atoms with Gasteiger partial charge in [-0.05, 0) is 50.1 Å². The highest BCUT2D eigenvalue weighted by Crippen LogP contribution is 2.34. The first-order valence-electron chi connectivity index (χ1n) is 12.9. The van der Waals surface area contributed by atoms with Crippen LogP contribution in [0.25, 0.3) is 11.0 Å². The second-order valence-electron chi connectivity index (χ2n) is 10.1. The Hall–Kier alpha value is -4.61. The summed E-state index contributed by atoms with van der Waals surface area (Å²) in [7, 11) is 1.86. The SMILES string of the molecule is Cc1cc(C(C)Nc2ccccc2C(=O)OC(=O)C(F)(F)F)c2oc(N3CCC(c4ccn(C)n4)C3)cc(=O)c2c1. The lowest BCUT2D eigenvalue weighted by Crippen LogP contribution is -2.28. The average molecular weight is 569 g/mol. The maximum Gasteiger partial charge on any atom is 0.491 e. The van der Waals surface area contributed by atoms with Crippen LogP contribution in [0.1, 0.15) is 52.5 Å². The smallest absolute Gasteiger partial charge is 0.440 e. The Morgan fingerprint density at radius 1 is 1.17 bits per heavy atom. The van der Waals surface area contributed by atoms with E-state index in [1.807, 2.05) is 37.2 Å². The number of hydrogen-bond donors (Lipinski definition) is 1. The zero-order valence-electron chi connectivity index (χ0n) is 22.5. The molecule has 2 unspecified atom stereocenters. The predicted octanol–water partition coefficient (Wildman–Crippen LogP) is 5.25. The number of hydrogen-bond acceptors (Lipinski definition) is 8. The zero-order valence-corrected chi connectivity index (χ0v) is 22.5. The molecule has 0 radical (unpaired) electrons. The molecule has 2 atom stereocenters. The zero-order chi connectivity index (χ0) is 29.5. The number of esters is 2. The van der Waals surface area contributed by atoms with Gasteiger partial charge in [0, 0.05) is 49.6 Å². The van der Waals surface area contributed by atoms with Crippen molar-refractivity contribution in [2.24, 2.45) is 7.05 Å². The van der Waals surface area contributed by atoms with E-state index in [1.54, 1.807) is 23.7 Å². The number of rotatable bonds is 6. The Kier molecular flexibility index (Phi) is 7.33. The Bertz CT molecular complexity index is 1690. The van der Waals surface area contributed by atoms with Gasteiger partial charge in [0.1, 0.15) is 5.58 Å². The Labute approximate surface area is 232 Å². The van der Waals surface area contributed by atoms with Crippen molar-refractivity contribution in [3.63, 3.8) is 0 Å². The molecule has 0 amide bonds. The van der Waals surface area contributed by atoms with Crippen LogP contribution < -0.4 is 15.6 Å². The number of anilines is 2. The van der Waals surface area contributed by atoms with Crippen LogP contribution in [0.3, 0.4) is 0 Å². The van der Waals surface area contributed by atoms with E-state index in [0.29, 0.717) is 35.5 Å². The predicted molar refractivity (Wildman–Crippen MR) is 145 cm³/mol. The van der Waals surface area contributed by atoms with Gasteiger partial charge < -0.3 is 19.4 Å². The second kappa shape index (κ2) is 10.8. The van der Waals surface area contributed by atoms with Gasteiger partial charge in [-0.3, -0.25) is 9.48 Å². The molecule has 41 heavy (non-hydrogen) atoms. The monoisotopic (exact) mass is 568 g/mol. The van der Waals surface area contributed by atoms with Crippen LogP contribution in [0.4, 0.5) is 24.7 Å². The highest BCUT2D eigenvalue weighted by Gasteiger charge is 2.42. The number of halogens is 3. The van der Waals surface area contributed by atoms with Crippen molar-refractivity contribution in [1.29, 1.82) is 0 Å². The summed E-state index contributed by atoms with van der Waals surface area (Å²) in [5.74, 6) is -3.43. The number of nitrogens with one attached hydrogen (secondary N) is 1. The number of fused-ring (bicyclic) bond motifs is 1. The fourth-order valence-corrected chi connectivity index (χ4v) is 5.05. The minimum Gasteiger partial charge on any atom is -0.440 e. The lowest BCUT2D eigenvalue weighted by molar-refractivity contribution is -0.193. The molecule has 4 aromatic rings. The Morgan fingerprint density at radius 2 is 1.93 bits per heavy atom. The van der Waals surface area contributed by atoms with Crippen molar-refractivity contribution < 1.29 is 31.9 Å². The normalized spacial score (nSPS) is 16.1. The van der Waals surface area contributed by atoms with E-state index in [1.165, 1.54) is 24.3 Å². The van der Waals surface area contributed by atoms with E-state index < -0.39 is 24.2 Å². The lowest BCUT2D eigenvalue weighted by Gasteiger charge is -2.21. The number of ether oxygens (including phenoxy) is 1. The molecule has 1 aliphatic heterocycles. The lowest BCUT2D eigenvalue weighted by atomic mass is 10.0. The van der Waals surface area contributed by atoms with E-state index in [9.17, 15) is 27.6 Å². The highest BCUT2D eigenvalue weighted by molar-refractivity contribution is 6.02. The highest BCUT2D eigenvalue weighted by atomic mass is 19.4. The summed E-state index contributed by atoms with van der Waals surface area (Å²) < 4.78 is 50.0. The van der Waals surface area contributed by atoms with Crippen molar-refractivity contribution >= 4 is 34.5 Å². The molecule has 1 N–H and O–H groups in total. The summed E-state index contributed by atoms with van der Waals surface area (Å²) in [5.41, 5.74) is 2.40. The minimum atomic E-state index is -5.31. The van der Waals surface area contributed by atoms with Crippen molar-refractivity contribution in [2.75, 3.05) is 23.3 Å². The van der Waals surface area contributed by atoms with Gasteiger partial charge in [0.2, 0.25) is 0 Å². The molecule has 3 heterocycles. The second-order valence-corrected chi connectivity index (χ2v) is 10.1. The summed E-state index contributed by atoms with van der Waals surface area (Å²) in [5, 5.41) is 7.98. The van der Waals surface area contributed by atoms with Crippen LogP contribution in [-0.4, -0.2) is 41.0 Å². The van der Waals surface area contributed by atoms with Crippen molar-refractivity contribution in [3.05, 3.63) is 87.3 Å². The van der Waals surface area contributed by atoms with Crippen molar-refractivity contribution in [2.45, 2.75) is 38.4 Å². The number of para-hydroxylation sites is 1. The van der Waals surface area contributed by atoms with Crippen LogP contribution in [0, 0.1) is 6.92 Å². The van der Waals surface area contributed by atoms with Crippen LogP contribution in [0.15, 0.2) is 63.9 Å². The topological polar surface area (TPSA) is 107 Å². The number of aromatic nitrogens is 2. The van der Waals surface area contributed by atoms with Crippen molar-refractivity contribution in [3.8, 4) is 0 Å². The Morgan fingerprint density at radius 3 is 2.63 bits per heavy atom. The van der Waals surface area contributed by atoms with Crippen LogP contribution in [0.5, 0.6) is 0 Å². The number of carbonyl (C=O) groups is 2. The average Bonchev–Trinajstić information content (AvgIpc) is 3.57. The van der Waals surface area contributed by atoms with Crippen molar-refractivity contribution in [1.82, 2.24) is 9.78 Å². The number of nitrogens with zero attached hydrogens (tertiary/aromatic N) is 3. The fraction of sp³-hybridized carbons (Fsp3) is 0.310. The van der Waals surface area contributed by atoms with Gasteiger partial charge in [-0.2, -0.15) is 18.3 Å². The van der Waals surface area contributed by atoms with Gasteiger partial charge >= 0.3 is 18.1 Å². The first kappa shape index (κ1) is 27.9. The van der Waals surface area contributed by atoms with E-state index in [-0.39, 0.29) is 22.6 Å². The van der Waals surface area contributed by atoms with Crippen LogP contribution in [0.2, 0.25) is 0 Å². The molecule has 1 saturated heterocycles. The Balaban J connectivity index is 1.45. The van der Waals surface area contributed by atoms with Gasteiger partial charge in [0.05, 0.1) is 22.7 Å².